The van der Waals surface area contributed by atoms with Gasteiger partial charge in [-0.15, -0.1) is 0 Å². The van der Waals surface area contributed by atoms with Crippen molar-refractivity contribution in [2.45, 2.75) is 89.2 Å². The van der Waals surface area contributed by atoms with Gasteiger partial charge in [-0.2, -0.15) is 0 Å². The first-order chi connectivity index (χ1) is 17.3. The first kappa shape index (κ1) is 26.5. The SMILES string of the molecule is COC(=O)[C@H](CC1CCCCC1)NC(=O)OC(c1ccc2c(c1)CCC2)C(C)(C)c1cccc(Cl)c1. The van der Waals surface area contributed by atoms with Gasteiger partial charge in [0.15, 0.2) is 0 Å². The molecule has 0 aliphatic heterocycles. The molecule has 0 bridgehead atoms. The molecule has 6 heteroatoms. The quantitative estimate of drug-likeness (QED) is 0.384. The highest BCUT2D eigenvalue weighted by molar-refractivity contribution is 6.30. The number of ether oxygens (including phenoxy) is 2. The van der Waals surface area contributed by atoms with Gasteiger partial charge in [0.1, 0.15) is 12.1 Å². The number of esters is 1. The summed E-state index contributed by atoms with van der Waals surface area (Å²) in [5.74, 6) is -0.0285. The highest BCUT2D eigenvalue weighted by Gasteiger charge is 2.37. The molecule has 36 heavy (non-hydrogen) atoms. The van der Waals surface area contributed by atoms with Crippen LogP contribution < -0.4 is 5.32 Å². The molecule has 0 saturated heterocycles. The molecule has 2 aromatic carbocycles. The highest BCUT2D eigenvalue weighted by atomic mass is 35.5. The van der Waals surface area contributed by atoms with Crippen molar-refractivity contribution < 1.29 is 19.1 Å². The maximum Gasteiger partial charge on any atom is 0.408 e. The standard InChI is InChI=1S/C30H38ClNO4/c1-30(2,24-13-8-14-25(31)19-24)27(23-16-15-21-11-7-12-22(21)18-23)36-29(34)32-26(28(33)35-3)17-20-9-5-4-6-10-20/h8,13-16,18-20,26-27H,4-7,9-12,17H2,1-3H3,(H,32,34)/t26-,27?/m0/s1. The summed E-state index contributed by atoms with van der Waals surface area (Å²) < 4.78 is 11.2. The molecule has 4 rings (SSSR count). The van der Waals surface area contributed by atoms with Crippen molar-refractivity contribution in [3.8, 4) is 0 Å². The van der Waals surface area contributed by atoms with Crippen LogP contribution in [0.5, 0.6) is 0 Å². The van der Waals surface area contributed by atoms with E-state index in [1.165, 1.54) is 24.7 Å². The lowest BCUT2D eigenvalue weighted by Crippen LogP contribution is -2.44. The van der Waals surface area contributed by atoms with Crippen molar-refractivity contribution in [1.29, 1.82) is 0 Å². The van der Waals surface area contributed by atoms with Gasteiger partial charge in [0.05, 0.1) is 7.11 Å². The lowest BCUT2D eigenvalue weighted by atomic mass is 9.76. The number of rotatable bonds is 8. The number of hydrogen-bond donors (Lipinski definition) is 1. The van der Waals surface area contributed by atoms with E-state index in [9.17, 15) is 9.59 Å². The van der Waals surface area contributed by atoms with E-state index >= 15 is 0 Å². The molecule has 5 nitrogen and oxygen atoms in total. The molecule has 2 aliphatic carbocycles. The monoisotopic (exact) mass is 511 g/mol. The molecule has 1 amide bonds. The van der Waals surface area contributed by atoms with Gasteiger partial charge in [-0.05, 0) is 66.0 Å². The molecule has 2 aromatic rings. The number of nitrogens with one attached hydrogen (secondary N) is 1. The van der Waals surface area contributed by atoms with E-state index in [1.54, 1.807) is 0 Å². The van der Waals surface area contributed by atoms with Crippen molar-refractivity contribution in [2.75, 3.05) is 7.11 Å². The molecule has 1 unspecified atom stereocenters. The molecule has 0 aromatic heterocycles. The van der Waals surface area contributed by atoms with Crippen LogP contribution in [0.3, 0.4) is 0 Å². The number of halogens is 1. The third-order valence-electron chi connectivity index (χ3n) is 7.95. The van der Waals surface area contributed by atoms with Crippen LogP contribution in [0.1, 0.15) is 87.2 Å². The van der Waals surface area contributed by atoms with Crippen molar-refractivity contribution in [2.24, 2.45) is 5.92 Å². The van der Waals surface area contributed by atoms with Crippen LogP contribution >= 0.6 is 11.6 Å². The zero-order valence-electron chi connectivity index (χ0n) is 21.6. The van der Waals surface area contributed by atoms with E-state index < -0.39 is 29.6 Å². The van der Waals surface area contributed by atoms with E-state index in [4.69, 9.17) is 21.1 Å². The number of fused-ring (bicyclic) bond motifs is 1. The summed E-state index contributed by atoms with van der Waals surface area (Å²) in [5.41, 5.74) is 4.02. The number of amides is 1. The molecule has 1 N–H and O–H groups in total. The van der Waals surface area contributed by atoms with Gasteiger partial charge in [-0.1, -0.05) is 87.9 Å². The summed E-state index contributed by atoms with van der Waals surface area (Å²) in [7, 11) is 1.36. The van der Waals surface area contributed by atoms with Crippen molar-refractivity contribution in [3.05, 3.63) is 69.7 Å². The van der Waals surface area contributed by atoms with Gasteiger partial charge >= 0.3 is 12.1 Å². The van der Waals surface area contributed by atoms with Crippen molar-refractivity contribution in [3.63, 3.8) is 0 Å². The third-order valence-corrected chi connectivity index (χ3v) is 8.18. The molecular formula is C30H38ClNO4. The molecular weight excluding hydrogens is 474 g/mol. The van der Waals surface area contributed by atoms with Crippen LogP contribution in [-0.4, -0.2) is 25.2 Å². The highest BCUT2D eigenvalue weighted by Crippen LogP contribution is 2.41. The Balaban J connectivity index is 1.59. The fourth-order valence-electron chi connectivity index (χ4n) is 5.82. The lowest BCUT2D eigenvalue weighted by molar-refractivity contribution is -0.143. The Morgan fingerprint density at radius 1 is 1.03 bits per heavy atom. The number of methoxy groups -OCH3 is 1. The number of hydrogen-bond acceptors (Lipinski definition) is 4. The predicted molar refractivity (Wildman–Crippen MR) is 142 cm³/mol. The average molecular weight is 512 g/mol. The Hall–Kier alpha value is -2.53. The van der Waals surface area contributed by atoms with Crippen LogP contribution in [0.4, 0.5) is 4.79 Å². The van der Waals surface area contributed by atoms with Crippen LogP contribution in [0, 0.1) is 5.92 Å². The van der Waals surface area contributed by atoms with Crippen LogP contribution in [0.15, 0.2) is 42.5 Å². The fraction of sp³-hybridized carbons (Fsp3) is 0.533. The first-order valence-electron chi connectivity index (χ1n) is 13.2. The lowest BCUT2D eigenvalue weighted by Gasteiger charge is -2.35. The Kier molecular flexibility index (Phi) is 8.61. The Morgan fingerprint density at radius 3 is 2.50 bits per heavy atom. The van der Waals surface area contributed by atoms with Crippen LogP contribution in [0.2, 0.25) is 5.02 Å². The Labute approximate surface area is 219 Å². The molecule has 2 aliphatic rings. The minimum atomic E-state index is -0.722. The van der Waals surface area contributed by atoms with E-state index in [2.05, 4.69) is 37.4 Å². The van der Waals surface area contributed by atoms with E-state index in [0.29, 0.717) is 17.4 Å². The van der Waals surface area contributed by atoms with Gasteiger partial charge < -0.3 is 14.8 Å². The zero-order valence-corrected chi connectivity index (χ0v) is 22.4. The average Bonchev–Trinajstić information content (AvgIpc) is 3.35. The molecule has 0 radical (unpaired) electrons. The topological polar surface area (TPSA) is 64.6 Å². The number of carbonyl (C=O) groups excluding carboxylic acids is 2. The second kappa shape index (κ2) is 11.7. The molecule has 0 spiro atoms. The van der Waals surface area contributed by atoms with Gasteiger partial charge in [0.2, 0.25) is 0 Å². The fourth-order valence-corrected chi connectivity index (χ4v) is 6.01. The van der Waals surface area contributed by atoms with Gasteiger partial charge in [-0.3, -0.25) is 0 Å². The molecule has 194 valence electrons. The van der Waals surface area contributed by atoms with Crippen molar-refractivity contribution >= 4 is 23.7 Å². The second-order valence-electron chi connectivity index (χ2n) is 10.9. The second-order valence-corrected chi connectivity index (χ2v) is 11.3. The Morgan fingerprint density at radius 2 is 1.78 bits per heavy atom. The van der Waals surface area contributed by atoms with E-state index in [0.717, 1.165) is 56.1 Å². The third kappa shape index (κ3) is 6.23. The van der Waals surface area contributed by atoms with Gasteiger partial charge in [0.25, 0.3) is 0 Å². The zero-order chi connectivity index (χ0) is 25.7. The largest absolute Gasteiger partial charge is 0.467 e. The normalized spacial score (nSPS) is 17.7. The minimum absolute atomic E-state index is 0.401. The van der Waals surface area contributed by atoms with Gasteiger partial charge in [0, 0.05) is 10.4 Å². The molecule has 2 atom stereocenters. The van der Waals surface area contributed by atoms with Crippen LogP contribution in [0.25, 0.3) is 0 Å². The Bertz CT molecular complexity index is 1080. The minimum Gasteiger partial charge on any atom is -0.467 e. The summed E-state index contributed by atoms with van der Waals surface area (Å²) in [6, 6.07) is 13.3. The van der Waals surface area contributed by atoms with Gasteiger partial charge in [-0.25, -0.2) is 9.59 Å². The summed E-state index contributed by atoms with van der Waals surface area (Å²) >= 11 is 6.32. The predicted octanol–water partition coefficient (Wildman–Crippen LogP) is 7.09. The summed E-state index contributed by atoms with van der Waals surface area (Å²) in [6.45, 7) is 4.12. The molecule has 1 fully saturated rings. The smallest absolute Gasteiger partial charge is 0.408 e. The maximum atomic E-state index is 13.3. The van der Waals surface area contributed by atoms with Crippen LogP contribution in [-0.2, 0) is 32.5 Å². The molecule has 0 heterocycles. The number of aryl methyl sites for hydroxylation is 2. The van der Waals surface area contributed by atoms with Crippen molar-refractivity contribution in [1.82, 2.24) is 5.32 Å². The first-order valence-corrected chi connectivity index (χ1v) is 13.6. The van der Waals surface area contributed by atoms with E-state index in [1.807, 2.05) is 24.3 Å². The number of alkyl carbamates (subject to hydrolysis) is 1. The summed E-state index contributed by atoms with van der Waals surface area (Å²) in [4.78, 5) is 25.9. The number of carbonyl (C=O) groups is 2. The maximum absolute atomic E-state index is 13.3. The van der Waals surface area contributed by atoms with E-state index in [-0.39, 0.29) is 0 Å². The number of benzene rings is 2. The summed E-state index contributed by atoms with van der Waals surface area (Å²) in [6.07, 6.45) is 8.36. The molecule has 1 saturated carbocycles. The summed E-state index contributed by atoms with van der Waals surface area (Å²) in [5, 5.41) is 3.48.